The van der Waals surface area contributed by atoms with Crippen LogP contribution in [0.3, 0.4) is 0 Å². The fraction of sp³-hybridized carbons (Fsp3) is 0.304. The first kappa shape index (κ1) is 17.0. The first-order valence-corrected chi connectivity index (χ1v) is 9.84. The van der Waals surface area contributed by atoms with Crippen molar-refractivity contribution in [3.05, 3.63) is 76.2 Å². The van der Waals surface area contributed by atoms with E-state index in [1.165, 1.54) is 54.0 Å². The Morgan fingerprint density at radius 3 is 2.64 bits per heavy atom. The summed E-state index contributed by atoms with van der Waals surface area (Å²) in [5.41, 5.74) is 5.18. The Bertz CT molecular complexity index is 1060. The third-order valence-corrected chi connectivity index (χ3v) is 5.49. The van der Waals surface area contributed by atoms with E-state index < -0.39 is 0 Å². The Labute approximate surface area is 163 Å². The molecule has 0 N–H and O–H groups in total. The number of hydrogen-bond acceptors (Lipinski definition) is 4. The van der Waals surface area contributed by atoms with E-state index in [-0.39, 0.29) is 11.7 Å². The van der Waals surface area contributed by atoms with Gasteiger partial charge in [-0.1, -0.05) is 30.3 Å². The lowest BCUT2D eigenvalue weighted by Crippen LogP contribution is -2.23. The van der Waals surface area contributed by atoms with E-state index in [0.29, 0.717) is 19.2 Å². The zero-order chi connectivity index (χ0) is 18.9. The van der Waals surface area contributed by atoms with Gasteiger partial charge in [0.15, 0.2) is 6.10 Å². The van der Waals surface area contributed by atoms with Crippen molar-refractivity contribution in [3.8, 4) is 22.9 Å². The summed E-state index contributed by atoms with van der Waals surface area (Å²) in [7, 11) is 0. The lowest BCUT2D eigenvalue weighted by Gasteiger charge is -2.17. The van der Waals surface area contributed by atoms with Crippen molar-refractivity contribution < 1.29 is 9.47 Å². The molecule has 5 nitrogen and oxygen atoms in total. The lowest BCUT2D eigenvalue weighted by molar-refractivity contribution is 0.143. The lowest BCUT2D eigenvalue weighted by atomic mass is 9.89. The number of ether oxygens (including phenoxy) is 2. The predicted octanol–water partition coefficient (Wildman–Crippen LogP) is 3.63. The molecule has 2 aromatic carbocycles. The second-order valence-corrected chi connectivity index (χ2v) is 7.47. The summed E-state index contributed by atoms with van der Waals surface area (Å²) in [5, 5.41) is 0. The number of hydrogen-bond donors (Lipinski definition) is 0. The Morgan fingerprint density at radius 1 is 1.00 bits per heavy atom. The molecular formula is C23H22N2O3. The van der Waals surface area contributed by atoms with Crippen molar-refractivity contribution in [3.63, 3.8) is 0 Å². The van der Waals surface area contributed by atoms with Gasteiger partial charge < -0.3 is 9.47 Å². The first-order chi connectivity index (χ1) is 13.7. The fourth-order valence-corrected chi connectivity index (χ4v) is 3.98. The molecule has 5 heteroatoms. The molecule has 1 aliphatic carbocycles. The highest BCUT2D eigenvalue weighted by Crippen LogP contribution is 2.28. The van der Waals surface area contributed by atoms with Crippen LogP contribution in [0.15, 0.2) is 59.5 Å². The molecule has 2 aliphatic rings. The number of benzene rings is 2. The quantitative estimate of drug-likeness (QED) is 0.700. The predicted molar refractivity (Wildman–Crippen MR) is 107 cm³/mol. The normalized spacial score (nSPS) is 17.5. The minimum atomic E-state index is -0.286. The van der Waals surface area contributed by atoms with Gasteiger partial charge in [0.05, 0.1) is 6.54 Å². The van der Waals surface area contributed by atoms with Gasteiger partial charge in [0.1, 0.15) is 12.4 Å². The molecule has 0 saturated heterocycles. The molecule has 28 heavy (non-hydrogen) atoms. The third kappa shape index (κ3) is 3.40. The minimum Gasteiger partial charge on any atom is -0.490 e. The molecule has 0 spiro atoms. The standard InChI is InChI=1S/C23H22N2O3/c26-22-11-12-25-14-21(28-23(25)24-22)15-27-20-9-7-17(8-10-20)19-6-5-16-3-1-2-4-18(16)13-19/h5-13,21H,1-4,14-15H2. The van der Waals surface area contributed by atoms with E-state index in [4.69, 9.17) is 9.47 Å². The van der Waals surface area contributed by atoms with Gasteiger partial charge in [0.25, 0.3) is 11.6 Å². The molecule has 0 bridgehead atoms. The molecule has 2 heterocycles. The Balaban J connectivity index is 1.23. The maximum atomic E-state index is 11.3. The Hall–Kier alpha value is -3.08. The molecule has 142 valence electrons. The van der Waals surface area contributed by atoms with Crippen LogP contribution in [0.1, 0.15) is 24.0 Å². The smallest absolute Gasteiger partial charge is 0.300 e. The molecule has 1 aromatic heterocycles. The molecule has 0 fully saturated rings. The molecule has 0 amide bonds. The van der Waals surface area contributed by atoms with Gasteiger partial charge in [-0.05, 0) is 60.1 Å². The molecule has 0 radical (unpaired) electrons. The first-order valence-electron chi connectivity index (χ1n) is 9.84. The van der Waals surface area contributed by atoms with Crippen LogP contribution in [0.5, 0.6) is 11.8 Å². The van der Waals surface area contributed by atoms with E-state index in [1.54, 1.807) is 6.20 Å². The van der Waals surface area contributed by atoms with Gasteiger partial charge in [-0.3, -0.25) is 9.36 Å². The van der Waals surface area contributed by atoms with Crippen LogP contribution in [-0.2, 0) is 19.4 Å². The van der Waals surface area contributed by atoms with Crippen LogP contribution in [0.4, 0.5) is 0 Å². The molecule has 0 saturated carbocycles. The van der Waals surface area contributed by atoms with E-state index >= 15 is 0 Å². The average Bonchev–Trinajstić information content (AvgIpc) is 3.14. The number of aryl methyl sites for hydroxylation is 2. The van der Waals surface area contributed by atoms with Crippen molar-refractivity contribution in [2.24, 2.45) is 0 Å². The maximum Gasteiger partial charge on any atom is 0.300 e. The molecular weight excluding hydrogens is 352 g/mol. The summed E-state index contributed by atoms with van der Waals surface area (Å²) in [6.07, 6.45) is 6.56. The molecule has 1 aliphatic heterocycles. The van der Waals surface area contributed by atoms with Crippen LogP contribution in [0, 0.1) is 0 Å². The molecule has 5 rings (SSSR count). The molecule has 3 aromatic rings. The average molecular weight is 374 g/mol. The zero-order valence-corrected chi connectivity index (χ0v) is 15.6. The topological polar surface area (TPSA) is 53.4 Å². The van der Waals surface area contributed by atoms with Gasteiger partial charge >= 0.3 is 0 Å². The maximum absolute atomic E-state index is 11.3. The summed E-state index contributed by atoms with van der Waals surface area (Å²) >= 11 is 0. The summed E-state index contributed by atoms with van der Waals surface area (Å²) in [6, 6.07) is 16.8. The van der Waals surface area contributed by atoms with E-state index in [9.17, 15) is 4.79 Å². The number of fused-ring (bicyclic) bond motifs is 2. The summed E-state index contributed by atoms with van der Waals surface area (Å²) in [4.78, 5) is 15.2. The van der Waals surface area contributed by atoms with Crippen LogP contribution >= 0.6 is 0 Å². The Kier molecular flexibility index (Phi) is 4.35. The zero-order valence-electron chi connectivity index (χ0n) is 15.6. The summed E-state index contributed by atoms with van der Waals surface area (Å²) in [6.45, 7) is 1.05. The largest absolute Gasteiger partial charge is 0.490 e. The van der Waals surface area contributed by atoms with Gasteiger partial charge in [0.2, 0.25) is 0 Å². The summed E-state index contributed by atoms with van der Waals surface area (Å²) < 4.78 is 13.4. The van der Waals surface area contributed by atoms with Crippen molar-refractivity contribution in [1.29, 1.82) is 0 Å². The second-order valence-electron chi connectivity index (χ2n) is 7.47. The highest BCUT2D eigenvalue weighted by atomic mass is 16.6. The van der Waals surface area contributed by atoms with Crippen molar-refractivity contribution >= 4 is 0 Å². The Morgan fingerprint density at radius 2 is 1.79 bits per heavy atom. The third-order valence-electron chi connectivity index (χ3n) is 5.49. The van der Waals surface area contributed by atoms with Gasteiger partial charge in [-0.25, -0.2) is 0 Å². The fourth-order valence-electron chi connectivity index (χ4n) is 3.98. The number of nitrogens with zero attached hydrogens (tertiary/aromatic N) is 2. The molecule has 1 unspecified atom stereocenters. The van der Waals surface area contributed by atoms with Crippen LogP contribution in [0.2, 0.25) is 0 Å². The van der Waals surface area contributed by atoms with Crippen LogP contribution in [-0.4, -0.2) is 22.3 Å². The monoisotopic (exact) mass is 374 g/mol. The van der Waals surface area contributed by atoms with Crippen LogP contribution < -0.4 is 15.0 Å². The van der Waals surface area contributed by atoms with Crippen molar-refractivity contribution in [2.45, 2.75) is 38.3 Å². The van der Waals surface area contributed by atoms with Gasteiger partial charge in [-0.2, -0.15) is 4.98 Å². The number of rotatable bonds is 4. The van der Waals surface area contributed by atoms with E-state index in [2.05, 4.69) is 35.3 Å². The molecule has 1 atom stereocenters. The number of aromatic nitrogens is 2. The highest BCUT2D eigenvalue weighted by Gasteiger charge is 2.23. The minimum absolute atomic E-state index is 0.144. The van der Waals surface area contributed by atoms with E-state index in [1.807, 2.05) is 16.7 Å². The van der Waals surface area contributed by atoms with Crippen molar-refractivity contribution in [2.75, 3.05) is 6.61 Å². The highest BCUT2D eigenvalue weighted by molar-refractivity contribution is 5.65. The van der Waals surface area contributed by atoms with E-state index in [0.717, 1.165) is 5.75 Å². The summed E-state index contributed by atoms with van der Waals surface area (Å²) in [5.74, 6) is 0.809. The van der Waals surface area contributed by atoms with Gasteiger partial charge in [0, 0.05) is 12.3 Å². The van der Waals surface area contributed by atoms with Crippen molar-refractivity contribution in [1.82, 2.24) is 9.55 Å². The second kappa shape index (κ2) is 7.15. The SMILES string of the molecule is O=c1ccn2c(n1)OC(COc1ccc(-c3ccc4c(c3)CCCC4)cc1)C2. The van der Waals surface area contributed by atoms with Gasteiger partial charge in [-0.15, -0.1) is 0 Å². The van der Waals surface area contributed by atoms with Crippen LogP contribution in [0.25, 0.3) is 11.1 Å².